The number of benzene rings is 2. The van der Waals surface area contributed by atoms with Crippen LogP contribution in [-0.4, -0.2) is 50.5 Å². The minimum Gasteiger partial charge on any atom is -0.354 e. The molecule has 216 valence electrons. The molecular formula is C26H32Cl2F3N3O4S. The fourth-order valence-electron chi connectivity index (χ4n) is 3.79. The maximum absolute atomic E-state index is 13.3. The second kappa shape index (κ2) is 14.2. The molecule has 0 aliphatic rings. The van der Waals surface area contributed by atoms with Crippen LogP contribution in [0.15, 0.2) is 42.5 Å². The van der Waals surface area contributed by atoms with Gasteiger partial charge >= 0.3 is 6.18 Å². The van der Waals surface area contributed by atoms with Gasteiger partial charge in [-0.25, -0.2) is 8.42 Å². The van der Waals surface area contributed by atoms with Gasteiger partial charge in [0.15, 0.2) is 0 Å². The molecule has 0 aromatic heterocycles. The van der Waals surface area contributed by atoms with E-state index in [-0.39, 0.29) is 42.5 Å². The van der Waals surface area contributed by atoms with Gasteiger partial charge in [0.25, 0.3) is 0 Å². The third-order valence-electron chi connectivity index (χ3n) is 5.95. The maximum Gasteiger partial charge on any atom is 0.416 e. The Kier molecular flexibility index (Phi) is 11.9. The Labute approximate surface area is 237 Å². The number of rotatable bonds is 13. The predicted octanol–water partition coefficient (Wildman–Crippen LogP) is 5.89. The van der Waals surface area contributed by atoms with Crippen molar-refractivity contribution in [3.63, 3.8) is 0 Å². The highest BCUT2D eigenvalue weighted by atomic mass is 35.5. The summed E-state index contributed by atoms with van der Waals surface area (Å²) in [4.78, 5) is 27.4. The average Bonchev–Trinajstić information content (AvgIpc) is 2.85. The fraction of sp³-hybridized carbons (Fsp3) is 0.462. The molecule has 2 rings (SSSR count). The van der Waals surface area contributed by atoms with Gasteiger partial charge in [-0.15, -0.1) is 0 Å². The van der Waals surface area contributed by atoms with Crippen LogP contribution in [0, 0.1) is 0 Å². The number of anilines is 1. The van der Waals surface area contributed by atoms with Crippen molar-refractivity contribution >= 4 is 50.7 Å². The zero-order valence-corrected chi connectivity index (χ0v) is 24.2. The van der Waals surface area contributed by atoms with E-state index in [4.69, 9.17) is 23.2 Å². The van der Waals surface area contributed by atoms with E-state index in [1.54, 1.807) is 25.1 Å². The van der Waals surface area contributed by atoms with E-state index in [9.17, 15) is 31.2 Å². The molecule has 0 bridgehead atoms. The molecule has 0 unspecified atom stereocenters. The molecule has 0 spiro atoms. The van der Waals surface area contributed by atoms with Crippen LogP contribution in [0.5, 0.6) is 0 Å². The highest BCUT2D eigenvalue weighted by Crippen LogP contribution is 2.32. The Balaban J connectivity index is 2.22. The van der Waals surface area contributed by atoms with Crippen LogP contribution >= 0.6 is 23.2 Å². The zero-order chi connectivity index (χ0) is 29.4. The van der Waals surface area contributed by atoms with Crippen molar-refractivity contribution in [2.75, 3.05) is 23.7 Å². The minimum absolute atomic E-state index is 0.00416. The maximum atomic E-state index is 13.3. The van der Waals surface area contributed by atoms with Gasteiger partial charge in [0.2, 0.25) is 21.8 Å². The molecule has 0 fully saturated rings. The summed E-state index contributed by atoms with van der Waals surface area (Å²) in [6.45, 7) is 3.83. The second-order valence-electron chi connectivity index (χ2n) is 9.08. The van der Waals surface area contributed by atoms with Crippen LogP contribution < -0.4 is 9.62 Å². The number of sulfonamides is 1. The standard InChI is InChI=1S/C26H32Cl2F3N3O4S/c1-4-5-13-32-25(36)18(2)33(17-19-11-12-22(27)23(28)15-19)24(35)10-7-14-34(39(3,37)38)21-9-6-8-20(16-21)26(29,30)31/h6,8-9,11-12,15-16,18H,4-5,7,10,13-14,17H2,1-3H3,(H,32,36)/t18-/m1/s1. The average molecular weight is 611 g/mol. The third kappa shape index (κ3) is 9.88. The van der Waals surface area contributed by atoms with E-state index in [2.05, 4.69) is 5.32 Å². The second-order valence-corrected chi connectivity index (χ2v) is 11.8. The zero-order valence-electron chi connectivity index (χ0n) is 21.9. The lowest BCUT2D eigenvalue weighted by Crippen LogP contribution is -2.48. The van der Waals surface area contributed by atoms with Gasteiger partial charge in [-0.2, -0.15) is 13.2 Å². The Hall–Kier alpha value is -2.50. The van der Waals surface area contributed by atoms with Crippen LogP contribution in [0.25, 0.3) is 0 Å². The van der Waals surface area contributed by atoms with E-state index < -0.39 is 33.7 Å². The van der Waals surface area contributed by atoms with E-state index in [0.717, 1.165) is 41.6 Å². The molecule has 0 heterocycles. The van der Waals surface area contributed by atoms with E-state index in [1.165, 1.54) is 11.0 Å². The molecule has 1 N–H and O–H groups in total. The molecular weight excluding hydrogens is 578 g/mol. The number of alkyl halides is 3. The first-order chi connectivity index (χ1) is 18.1. The van der Waals surface area contributed by atoms with Crippen molar-refractivity contribution < 1.29 is 31.2 Å². The van der Waals surface area contributed by atoms with E-state index in [1.807, 2.05) is 6.92 Å². The van der Waals surface area contributed by atoms with Crippen LogP contribution in [0.1, 0.15) is 50.7 Å². The summed E-state index contributed by atoms with van der Waals surface area (Å²) < 4.78 is 65.1. The lowest BCUT2D eigenvalue weighted by atomic mass is 10.1. The molecule has 0 radical (unpaired) electrons. The molecule has 0 aliphatic heterocycles. The molecule has 2 amide bonds. The lowest BCUT2D eigenvalue weighted by molar-refractivity contribution is -0.140. The van der Waals surface area contributed by atoms with Crippen LogP contribution in [-0.2, 0) is 32.3 Å². The molecule has 0 saturated carbocycles. The number of carbonyl (C=O) groups is 2. The number of hydrogen-bond donors (Lipinski definition) is 1. The molecule has 0 aliphatic carbocycles. The molecule has 2 aromatic carbocycles. The van der Waals surface area contributed by atoms with Crippen LogP contribution in [0.2, 0.25) is 10.0 Å². The summed E-state index contributed by atoms with van der Waals surface area (Å²) in [6.07, 6.45) is -2.26. The number of amides is 2. The summed E-state index contributed by atoms with van der Waals surface area (Å²) in [6, 6.07) is 7.98. The van der Waals surface area contributed by atoms with E-state index >= 15 is 0 Å². The van der Waals surface area contributed by atoms with Crippen LogP contribution in [0.4, 0.5) is 18.9 Å². The number of hydrogen-bond acceptors (Lipinski definition) is 4. The largest absolute Gasteiger partial charge is 0.416 e. The SMILES string of the molecule is CCCCNC(=O)[C@@H](C)N(Cc1ccc(Cl)c(Cl)c1)C(=O)CCCN(c1cccc(C(F)(F)F)c1)S(C)(=O)=O. The lowest BCUT2D eigenvalue weighted by Gasteiger charge is -2.29. The van der Waals surface area contributed by atoms with Gasteiger partial charge in [-0.3, -0.25) is 13.9 Å². The summed E-state index contributed by atoms with van der Waals surface area (Å²) in [5.74, 6) is -0.782. The van der Waals surface area contributed by atoms with Gasteiger partial charge in [-0.1, -0.05) is 48.7 Å². The van der Waals surface area contributed by atoms with Gasteiger partial charge in [0, 0.05) is 26.1 Å². The highest BCUT2D eigenvalue weighted by Gasteiger charge is 2.32. The molecule has 2 aromatic rings. The Morgan fingerprint density at radius 2 is 1.74 bits per heavy atom. The third-order valence-corrected chi connectivity index (χ3v) is 7.88. The van der Waals surface area contributed by atoms with Crippen LogP contribution in [0.3, 0.4) is 0 Å². The van der Waals surface area contributed by atoms with Gasteiger partial charge in [0.1, 0.15) is 6.04 Å². The molecule has 39 heavy (non-hydrogen) atoms. The van der Waals surface area contributed by atoms with Gasteiger partial charge in [-0.05, 0) is 55.7 Å². The normalized spacial score (nSPS) is 12.6. The fourth-order valence-corrected chi connectivity index (χ4v) is 5.07. The van der Waals surface area contributed by atoms with Crippen molar-refractivity contribution in [1.29, 1.82) is 0 Å². The Morgan fingerprint density at radius 3 is 2.33 bits per heavy atom. The van der Waals surface area contributed by atoms with Crippen molar-refractivity contribution in [1.82, 2.24) is 10.2 Å². The predicted molar refractivity (Wildman–Crippen MR) is 147 cm³/mol. The number of halogens is 5. The quantitative estimate of drug-likeness (QED) is 0.287. The summed E-state index contributed by atoms with van der Waals surface area (Å²) in [7, 11) is -3.95. The van der Waals surface area contributed by atoms with Gasteiger partial charge < -0.3 is 10.2 Å². The topological polar surface area (TPSA) is 86.8 Å². The van der Waals surface area contributed by atoms with E-state index in [0.29, 0.717) is 17.1 Å². The molecule has 1 atom stereocenters. The molecule has 7 nitrogen and oxygen atoms in total. The number of unbranched alkanes of at least 4 members (excludes halogenated alkanes) is 1. The van der Waals surface area contributed by atoms with Crippen molar-refractivity contribution in [3.8, 4) is 0 Å². The summed E-state index contributed by atoms with van der Waals surface area (Å²) in [5, 5.41) is 3.41. The first kappa shape index (κ1) is 32.7. The minimum atomic E-state index is -4.64. The van der Waals surface area contributed by atoms with Crippen molar-refractivity contribution in [3.05, 3.63) is 63.6 Å². The molecule has 0 saturated heterocycles. The monoisotopic (exact) mass is 609 g/mol. The first-order valence-corrected chi connectivity index (χ1v) is 14.9. The first-order valence-electron chi connectivity index (χ1n) is 12.3. The highest BCUT2D eigenvalue weighted by molar-refractivity contribution is 7.92. The smallest absolute Gasteiger partial charge is 0.354 e. The van der Waals surface area contributed by atoms with Gasteiger partial charge in [0.05, 0.1) is 27.6 Å². The number of carbonyl (C=O) groups excluding carboxylic acids is 2. The van der Waals surface area contributed by atoms with Crippen molar-refractivity contribution in [2.45, 2.75) is 58.3 Å². The number of nitrogens with one attached hydrogen (secondary N) is 1. The summed E-state index contributed by atoms with van der Waals surface area (Å²) >= 11 is 12.1. The Morgan fingerprint density at radius 1 is 1.05 bits per heavy atom. The molecule has 13 heteroatoms. The number of nitrogens with zero attached hydrogens (tertiary/aromatic N) is 2. The Bertz CT molecular complexity index is 1260. The van der Waals surface area contributed by atoms with Crippen molar-refractivity contribution in [2.24, 2.45) is 0 Å². The summed E-state index contributed by atoms with van der Waals surface area (Å²) in [5.41, 5.74) is -0.510.